The Morgan fingerprint density at radius 3 is 2.89 bits per heavy atom. The zero-order chi connectivity index (χ0) is 18.5. The fourth-order valence-electron chi connectivity index (χ4n) is 3.67. The van der Waals surface area contributed by atoms with Crippen molar-refractivity contribution >= 4 is 41.5 Å². The molecule has 7 nitrogen and oxygen atoms in total. The fourth-order valence-corrected chi connectivity index (χ4v) is 3.67. The molecule has 0 aliphatic carbocycles. The highest BCUT2D eigenvalue weighted by molar-refractivity contribution is 14.0. The third kappa shape index (κ3) is 5.47. The summed E-state index contributed by atoms with van der Waals surface area (Å²) in [4.78, 5) is 20.9. The molecule has 2 aliphatic rings. The Hall–Kier alpha value is -1.55. The molecule has 2 unspecified atom stereocenters. The smallest absolute Gasteiger partial charge is 0.229 e. The summed E-state index contributed by atoms with van der Waals surface area (Å²) in [5.74, 6) is 1.63. The molecule has 0 aromatic heterocycles. The van der Waals surface area contributed by atoms with Gasteiger partial charge in [0.2, 0.25) is 5.91 Å². The minimum atomic E-state index is 0. The van der Waals surface area contributed by atoms with Crippen molar-refractivity contribution in [3.8, 4) is 5.75 Å². The van der Waals surface area contributed by atoms with Gasteiger partial charge in [0.25, 0.3) is 0 Å². The Morgan fingerprint density at radius 1 is 1.41 bits per heavy atom. The van der Waals surface area contributed by atoms with Gasteiger partial charge in [0.1, 0.15) is 5.75 Å². The van der Waals surface area contributed by atoms with Crippen molar-refractivity contribution in [3.63, 3.8) is 0 Å². The topological polar surface area (TPSA) is 69.2 Å². The molecule has 150 valence electrons. The fraction of sp³-hybridized carbons (Fsp3) is 0.579. The van der Waals surface area contributed by atoms with Crippen molar-refractivity contribution in [1.29, 1.82) is 0 Å². The van der Waals surface area contributed by atoms with Crippen LogP contribution in [0.3, 0.4) is 0 Å². The van der Waals surface area contributed by atoms with Crippen molar-refractivity contribution in [2.24, 2.45) is 4.99 Å². The number of anilines is 1. The van der Waals surface area contributed by atoms with Gasteiger partial charge in [-0.05, 0) is 38.6 Å². The normalized spacial score (nSPS) is 23.3. The maximum atomic E-state index is 12.4. The average Bonchev–Trinajstić information content (AvgIpc) is 3.23. The number of likely N-dealkylation sites (N-methyl/N-ethyl adjacent to an activating group) is 1. The average molecular weight is 487 g/mol. The van der Waals surface area contributed by atoms with Crippen LogP contribution in [0.4, 0.5) is 5.69 Å². The van der Waals surface area contributed by atoms with Crippen molar-refractivity contribution in [2.45, 2.75) is 31.3 Å². The summed E-state index contributed by atoms with van der Waals surface area (Å²) < 4.78 is 5.26. The number of guanidine groups is 1. The van der Waals surface area contributed by atoms with E-state index in [4.69, 9.17) is 4.74 Å². The van der Waals surface area contributed by atoms with Crippen LogP contribution in [-0.2, 0) is 4.79 Å². The van der Waals surface area contributed by atoms with Crippen LogP contribution in [0.15, 0.2) is 29.3 Å². The Labute approximate surface area is 178 Å². The molecule has 0 saturated carbocycles. The number of ether oxygens (including phenoxy) is 1. The van der Waals surface area contributed by atoms with Crippen LogP contribution < -0.4 is 20.3 Å². The quantitative estimate of drug-likeness (QED) is 0.376. The lowest BCUT2D eigenvalue weighted by Crippen LogP contribution is -2.48. The van der Waals surface area contributed by atoms with Crippen molar-refractivity contribution in [1.82, 2.24) is 15.5 Å². The molecule has 27 heavy (non-hydrogen) atoms. The SMILES string of the molecule is CN=C(NCC1CCCN1C)NC1CC(=O)N(c2cccc(OC)c2)C1.I. The summed E-state index contributed by atoms with van der Waals surface area (Å²) in [6, 6.07) is 8.20. The molecule has 2 saturated heterocycles. The molecule has 2 heterocycles. The van der Waals surface area contributed by atoms with Crippen LogP contribution in [0, 0.1) is 0 Å². The van der Waals surface area contributed by atoms with Gasteiger partial charge in [0.15, 0.2) is 5.96 Å². The molecule has 2 atom stereocenters. The lowest BCUT2D eigenvalue weighted by Gasteiger charge is -2.23. The second-order valence-corrected chi connectivity index (χ2v) is 6.98. The van der Waals surface area contributed by atoms with E-state index in [-0.39, 0.29) is 35.9 Å². The number of rotatable bonds is 5. The molecule has 2 fully saturated rings. The van der Waals surface area contributed by atoms with Gasteiger partial charge in [-0.25, -0.2) is 0 Å². The van der Waals surface area contributed by atoms with E-state index in [0.717, 1.165) is 30.5 Å². The molecule has 2 N–H and O–H groups in total. The lowest BCUT2D eigenvalue weighted by atomic mass is 10.2. The lowest BCUT2D eigenvalue weighted by molar-refractivity contribution is -0.117. The largest absolute Gasteiger partial charge is 0.497 e. The van der Waals surface area contributed by atoms with Crippen LogP contribution in [0.1, 0.15) is 19.3 Å². The number of hydrogen-bond donors (Lipinski definition) is 2. The number of benzene rings is 1. The molecule has 2 aliphatic heterocycles. The number of carbonyl (C=O) groups excluding carboxylic acids is 1. The standard InChI is InChI=1S/C19H29N5O2.HI/c1-20-19(21-12-16-7-5-9-23(16)2)22-14-10-18(25)24(13-14)15-6-4-8-17(11-15)26-3;/h4,6,8,11,14,16H,5,7,9-10,12-13H2,1-3H3,(H2,20,21,22);1H. The molecule has 0 radical (unpaired) electrons. The second-order valence-electron chi connectivity index (χ2n) is 6.98. The molecule has 8 heteroatoms. The molecule has 3 rings (SSSR count). The summed E-state index contributed by atoms with van der Waals surface area (Å²) in [5.41, 5.74) is 0.870. The Morgan fingerprint density at radius 2 is 2.22 bits per heavy atom. The van der Waals surface area contributed by atoms with Gasteiger partial charge in [-0.3, -0.25) is 9.79 Å². The second kappa shape index (κ2) is 10.1. The van der Waals surface area contributed by atoms with Gasteiger partial charge in [-0.15, -0.1) is 24.0 Å². The maximum Gasteiger partial charge on any atom is 0.229 e. The number of amides is 1. The van der Waals surface area contributed by atoms with Gasteiger partial charge in [-0.2, -0.15) is 0 Å². The van der Waals surface area contributed by atoms with E-state index in [0.29, 0.717) is 19.0 Å². The Kier molecular flexibility index (Phi) is 8.15. The van der Waals surface area contributed by atoms with E-state index < -0.39 is 0 Å². The number of likely N-dealkylation sites (tertiary alicyclic amines) is 1. The third-order valence-corrected chi connectivity index (χ3v) is 5.23. The van der Waals surface area contributed by atoms with Crippen molar-refractivity contribution < 1.29 is 9.53 Å². The first-order valence-corrected chi connectivity index (χ1v) is 9.22. The minimum absolute atomic E-state index is 0. The highest BCUT2D eigenvalue weighted by Gasteiger charge is 2.31. The molecule has 0 spiro atoms. The van der Waals surface area contributed by atoms with Gasteiger partial charge >= 0.3 is 0 Å². The summed E-state index contributed by atoms with van der Waals surface area (Å²) in [7, 11) is 5.56. The van der Waals surface area contributed by atoms with Crippen molar-refractivity contribution in [2.75, 3.05) is 45.7 Å². The van der Waals surface area contributed by atoms with E-state index in [1.807, 2.05) is 24.3 Å². The third-order valence-electron chi connectivity index (χ3n) is 5.23. The maximum absolute atomic E-state index is 12.4. The number of aliphatic imine (C=N–C) groups is 1. The molecule has 1 aromatic rings. The number of carbonyl (C=O) groups is 1. The molecular formula is C19H30IN5O2. The minimum Gasteiger partial charge on any atom is -0.497 e. The molecular weight excluding hydrogens is 457 g/mol. The predicted molar refractivity (Wildman–Crippen MR) is 119 cm³/mol. The highest BCUT2D eigenvalue weighted by atomic mass is 127. The zero-order valence-corrected chi connectivity index (χ0v) is 18.6. The number of nitrogens with one attached hydrogen (secondary N) is 2. The highest BCUT2D eigenvalue weighted by Crippen LogP contribution is 2.25. The van der Waals surface area contributed by atoms with E-state index in [1.54, 1.807) is 19.1 Å². The Balaban J connectivity index is 0.00000261. The molecule has 1 amide bonds. The first-order valence-electron chi connectivity index (χ1n) is 9.22. The van der Waals surface area contributed by atoms with Crippen LogP contribution >= 0.6 is 24.0 Å². The van der Waals surface area contributed by atoms with Crippen LogP contribution in [-0.4, -0.2) is 69.7 Å². The summed E-state index contributed by atoms with van der Waals surface area (Å²) in [6.45, 7) is 2.65. The first-order chi connectivity index (χ1) is 12.6. The molecule has 0 bridgehead atoms. The van der Waals surface area contributed by atoms with E-state index >= 15 is 0 Å². The van der Waals surface area contributed by atoms with E-state index in [9.17, 15) is 4.79 Å². The predicted octanol–water partition coefficient (Wildman–Crippen LogP) is 1.68. The van der Waals surface area contributed by atoms with Crippen LogP contribution in [0.25, 0.3) is 0 Å². The van der Waals surface area contributed by atoms with Crippen LogP contribution in [0.5, 0.6) is 5.75 Å². The van der Waals surface area contributed by atoms with Crippen LogP contribution in [0.2, 0.25) is 0 Å². The summed E-state index contributed by atoms with van der Waals surface area (Å²) in [6.07, 6.45) is 2.93. The number of methoxy groups -OCH3 is 1. The van der Waals surface area contributed by atoms with Gasteiger partial charge in [0, 0.05) is 44.4 Å². The zero-order valence-electron chi connectivity index (χ0n) is 16.3. The monoisotopic (exact) mass is 487 g/mol. The molecule has 1 aromatic carbocycles. The summed E-state index contributed by atoms with van der Waals surface area (Å²) >= 11 is 0. The van der Waals surface area contributed by atoms with Gasteiger partial charge < -0.3 is 25.2 Å². The number of nitrogens with zero attached hydrogens (tertiary/aromatic N) is 3. The number of hydrogen-bond acceptors (Lipinski definition) is 4. The van der Waals surface area contributed by atoms with E-state index in [1.165, 1.54) is 12.8 Å². The van der Waals surface area contributed by atoms with E-state index in [2.05, 4.69) is 27.6 Å². The first kappa shape index (κ1) is 21.7. The number of halogens is 1. The van der Waals surface area contributed by atoms with Crippen molar-refractivity contribution in [3.05, 3.63) is 24.3 Å². The van der Waals surface area contributed by atoms with Gasteiger partial charge in [0.05, 0.1) is 13.2 Å². The Bertz CT molecular complexity index is 669. The van der Waals surface area contributed by atoms with Gasteiger partial charge in [-0.1, -0.05) is 6.07 Å². The summed E-state index contributed by atoms with van der Waals surface area (Å²) in [5, 5.41) is 6.79.